The number of pyridine rings is 4. The van der Waals surface area contributed by atoms with Crippen LogP contribution in [0.25, 0.3) is 0 Å². The minimum absolute atomic E-state index is 0.306. The Morgan fingerprint density at radius 3 is 1.04 bits per heavy atom. The molecule has 0 saturated heterocycles. The molecule has 138 valence electrons. The van der Waals surface area contributed by atoms with E-state index in [9.17, 15) is 0 Å². The lowest BCUT2D eigenvalue weighted by atomic mass is 9.75. The van der Waals surface area contributed by atoms with Crippen molar-refractivity contribution in [1.82, 2.24) is 19.9 Å². The molecule has 0 aliphatic heterocycles. The first-order valence-corrected chi connectivity index (χ1v) is 9.48. The summed E-state index contributed by atoms with van der Waals surface area (Å²) in [5.41, 5.74) is 5.15. The smallest absolute Gasteiger partial charge is 0.0270 e. The summed E-state index contributed by atoms with van der Waals surface area (Å²) in [5.74, 6) is 0.613. The van der Waals surface area contributed by atoms with Gasteiger partial charge in [0.05, 0.1) is 0 Å². The Balaban J connectivity index is 1.76. The van der Waals surface area contributed by atoms with Crippen molar-refractivity contribution in [3.63, 3.8) is 0 Å². The maximum Gasteiger partial charge on any atom is 0.0270 e. The van der Waals surface area contributed by atoms with Crippen molar-refractivity contribution in [2.24, 2.45) is 0 Å². The van der Waals surface area contributed by atoms with E-state index < -0.39 is 0 Å². The molecule has 0 N–H and O–H groups in total. The molecule has 0 radical (unpaired) electrons. The lowest BCUT2D eigenvalue weighted by Gasteiger charge is -2.28. The molecule has 0 aliphatic carbocycles. The summed E-state index contributed by atoms with van der Waals surface area (Å²) < 4.78 is 0. The van der Waals surface area contributed by atoms with Gasteiger partial charge in [0, 0.05) is 49.6 Å². The molecule has 0 saturated carbocycles. The largest absolute Gasteiger partial charge is 0.265 e. The van der Waals surface area contributed by atoms with E-state index in [4.69, 9.17) is 0 Å². The molecule has 0 aliphatic rings. The predicted octanol–water partition coefficient (Wildman–Crippen LogP) is 4.62. The summed E-state index contributed by atoms with van der Waals surface area (Å²) in [7, 11) is 0. The van der Waals surface area contributed by atoms with Gasteiger partial charge in [0.2, 0.25) is 0 Å². The van der Waals surface area contributed by atoms with E-state index in [1.165, 1.54) is 22.3 Å². The van der Waals surface area contributed by atoms with Gasteiger partial charge in [-0.1, -0.05) is 0 Å². The van der Waals surface area contributed by atoms with Crippen molar-refractivity contribution in [2.45, 2.75) is 24.7 Å². The van der Waals surface area contributed by atoms with Crippen LogP contribution in [0.2, 0.25) is 0 Å². The van der Waals surface area contributed by atoms with Gasteiger partial charge in [-0.05, 0) is 95.5 Å². The van der Waals surface area contributed by atoms with E-state index in [1.807, 2.05) is 49.6 Å². The molecule has 0 aromatic carbocycles. The van der Waals surface area contributed by atoms with Gasteiger partial charge < -0.3 is 0 Å². The van der Waals surface area contributed by atoms with Crippen LogP contribution in [0.4, 0.5) is 0 Å². The van der Waals surface area contributed by atoms with Gasteiger partial charge in [-0.2, -0.15) is 0 Å². The van der Waals surface area contributed by atoms with Crippen LogP contribution in [0.5, 0.6) is 0 Å². The van der Waals surface area contributed by atoms with E-state index in [1.54, 1.807) is 0 Å². The molecule has 0 spiro atoms. The summed E-state index contributed by atoms with van der Waals surface area (Å²) in [6, 6.07) is 16.9. The molecule has 4 aromatic rings. The number of hydrogen-bond acceptors (Lipinski definition) is 4. The van der Waals surface area contributed by atoms with E-state index in [2.05, 4.69) is 68.5 Å². The highest BCUT2D eigenvalue weighted by Gasteiger charge is 2.25. The average Bonchev–Trinajstić information content (AvgIpc) is 2.79. The van der Waals surface area contributed by atoms with Gasteiger partial charge >= 0.3 is 0 Å². The van der Waals surface area contributed by atoms with Crippen molar-refractivity contribution in [2.75, 3.05) is 0 Å². The summed E-state index contributed by atoms with van der Waals surface area (Å²) in [6.07, 6.45) is 16.8. The lowest BCUT2D eigenvalue weighted by molar-refractivity contribution is 0.530. The molecular formula is C24H22N4. The van der Waals surface area contributed by atoms with Crippen LogP contribution in [-0.2, 0) is 12.8 Å². The third-order valence-electron chi connectivity index (χ3n) is 5.16. The fourth-order valence-electron chi connectivity index (χ4n) is 3.75. The molecule has 0 fully saturated rings. The van der Waals surface area contributed by atoms with Crippen LogP contribution >= 0.6 is 0 Å². The van der Waals surface area contributed by atoms with Gasteiger partial charge in [0.1, 0.15) is 0 Å². The van der Waals surface area contributed by atoms with Gasteiger partial charge in [-0.3, -0.25) is 19.9 Å². The maximum atomic E-state index is 4.22. The topological polar surface area (TPSA) is 51.6 Å². The Kier molecular flexibility index (Phi) is 5.78. The second kappa shape index (κ2) is 9.00. The molecule has 4 rings (SSSR count). The molecule has 28 heavy (non-hydrogen) atoms. The highest BCUT2D eigenvalue weighted by atomic mass is 14.6. The normalized spacial score (nSPS) is 13.0. The second-order valence-electron chi connectivity index (χ2n) is 6.89. The summed E-state index contributed by atoms with van der Waals surface area (Å²) in [4.78, 5) is 16.8. The van der Waals surface area contributed by atoms with Crippen LogP contribution in [-0.4, -0.2) is 19.9 Å². The van der Waals surface area contributed by atoms with Crippen molar-refractivity contribution in [1.29, 1.82) is 0 Å². The van der Waals surface area contributed by atoms with E-state index in [0.717, 1.165) is 12.8 Å². The van der Waals surface area contributed by atoms with E-state index >= 15 is 0 Å². The van der Waals surface area contributed by atoms with Crippen LogP contribution in [0.1, 0.15) is 34.1 Å². The second-order valence-corrected chi connectivity index (χ2v) is 6.89. The summed E-state index contributed by atoms with van der Waals surface area (Å²) >= 11 is 0. The Morgan fingerprint density at radius 1 is 0.429 bits per heavy atom. The first-order valence-electron chi connectivity index (χ1n) is 9.48. The quantitative estimate of drug-likeness (QED) is 0.479. The standard InChI is InChI=1S/C24H22N4/c1-9-25-10-2-19(1)17-23(21-5-13-27-14-6-21)24(22-7-15-28-16-8-22)18-20-3-11-26-12-4-20/h1-16,23-24H,17-18H2. The highest BCUT2D eigenvalue weighted by Crippen LogP contribution is 2.38. The monoisotopic (exact) mass is 366 g/mol. The van der Waals surface area contributed by atoms with Crippen LogP contribution in [0, 0.1) is 0 Å². The predicted molar refractivity (Wildman–Crippen MR) is 110 cm³/mol. The van der Waals surface area contributed by atoms with Gasteiger partial charge in [-0.25, -0.2) is 0 Å². The first kappa shape index (κ1) is 18.0. The van der Waals surface area contributed by atoms with Gasteiger partial charge in [0.15, 0.2) is 0 Å². The number of aromatic nitrogens is 4. The summed E-state index contributed by atoms with van der Waals surface area (Å²) in [6.45, 7) is 0. The van der Waals surface area contributed by atoms with Gasteiger partial charge in [0.25, 0.3) is 0 Å². The van der Waals surface area contributed by atoms with Crippen molar-refractivity contribution in [3.05, 3.63) is 120 Å². The zero-order valence-corrected chi connectivity index (χ0v) is 15.6. The molecule has 4 heteroatoms. The SMILES string of the molecule is c1cc(CC(c2ccncc2)C(Cc2ccncc2)c2ccncc2)ccn1. The number of hydrogen-bond donors (Lipinski definition) is 0. The van der Waals surface area contributed by atoms with Crippen LogP contribution in [0.15, 0.2) is 98.1 Å². The Hall–Kier alpha value is -3.40. The van der Waals surface area contributed by atoms with Crippen LogP contribution < -0.4 is 0 Å². The van der Waals surface area contributed by atoms with E-state index in [-0.39, 0.29) is 0 Å². The fourth-order valence-corrected chi connectivity index (χ4v) is 3.75. The average molecular weight is 366 g/mol. The molecule has 2 atom stereocenters. The third kappa shape index (κ3) is 4.46. The molecule has 4 heterocycles. The zero-order chi connectivity index (χ0) is 19.0. The third-order valence-corrected chi connectivity index (χ3v) is 5.16. The van der Waals surface area contributed by atoms with Gasteiger partial charge in [-0.15, -0.1) is 0 Å². The van der Waals surface area contributed by atoms with Crippen molar-refractivity contribution >= 4 is 0 Å². The number of nitrogens with zero attached hydrogens (tertiary/aromatic N) is 4. The Bertz CT molecular complexity index is 877. The lowest BCUT2D eigenvalue weighted by Crippen LogP contribution is -2.17. The molecule has 4 aromatic heterocycles. The Labute approximate surface area is 165 Å². The molecule has 4 nitrogen and oxygen atoms in total. The minimum atomic E-state index is 0.306. The zero-order valence-electron chi connectivity index (χ0n) is 15.6. The fraction of sp³-hybridized carbons (Fsp3) is 0.167. The van der Waals surface area contributed by atoms with Crippen molar-refractivity contribution < 1.29 is 0 Å². The number of rotatable bonds is 7. The van der Waals surface area contributed by atoms with E-state index in [0.29, 0.717) is 11.8 Å². The van der Waals surface area contributed by atoms with Crippen LogP contribution in [0.3, 0.4) is 0 Å². The minimum Gasteiger partial charge on any atom is -0.265 e. The molecule has 0 bridgehead atoms. The molecule has 0 amide bonds. The van der Waals surface area contributed by atoms with Crippen molar-refractivity contribution in [3.8, 4) is 0 Å². The maximum absolute atomic E-state index is 4.22. The summed E-state index contributed by atoms with van der Waals surface area (Å²) in [5, 5.41) is 0. The molecular weight excluding hydrogens is 344 g/mol. The Morgan fingerprint density at radius 2 is 0.714 bits per heavy atom. The molecule has 2 unspecified atom stereocenters. The first-order chi connectivity index (χ1) is 13.9. The highest BCUT2D eigenvalue weighted by molar-refractivity contribution is 5.31.